The summed E-state index contributed by atoms with van der Waals surface area (Å²) in [6.07, 6.45) is 4.32. The van der Waals surface area contributed by atoms with Gasteiger partial charge in [0, 0.05) is 52.4 Å². The molecule has 1 saturated heterocycles. The highest BCUT2D eigenvalue weighted by molar-refractivity contribution is 6.34. The van der Waals surface area contributed by atoms with Gasteiger partial charge in [0.1, 0.15) is 0 Å². The fraction of sp³-hybridized carbons (Fsp3) is 0.290. The van der Waals surface area contributed by atoms with E-state index in [9.17, 15) is 4.79 Å². The second kappa shape index (κ2) is 11.2. The van der Waals surface area contributed by atoms with Crippen molar-refractivity contribution in [3.05, 3.63) is 111 Å². The molecule has 0 aliphatic carbocycles. The monoisotopic (exact) mass is 531 g/mol. The average molecular weight is 533 g/mol. The first-order valence-electron chi connectivity index (χ1n) is 12.8. The molecule has 1 amide bonds. The number of carbonyl (C=O) groups excluding carboxylic acids is 1. The molecule has 0 radical (unpaired) electrons. The minimum absolute atomic E-state index is 0.0308. The molecule has 5 rings (SSSR count). The number of nitrogens with zero attached hydrogens (tertiary/aromatic N) is 2. The number of para-hydroxylation sites is 1. The smallest absolute Gasteiger partial charge is 0.254 e. The van der Waals surface area contributed by atoms with E-state index in [4.69, 9.17) is 23.2 Å². The maximum Gasteiger partial charge on any atom is 0.254 e. The molecule has 2 heterocycles. The van der Waals surface area contributed by atoms with Gasteiger partial charge >= 0.3 is 0 Å². The van der Waals surface area contributed by atoms with Crippen molar-refractivity contribution in [2.75, 3.05) is 6.54 Å². The standard InChI is InChI=1S/C31H31Cl2N3O/c1-20-11-21(2)13-24(12-20)31(37)36-10-8-27(18-28(36)16-22-14-25(32)17-26(33)15-22)35-19-23-7-9-34-30-6-4-3-5-29(23)30/h3-7,9,11-15,17,27-28,35H,8,10,16,18-19H2,1-2H3/t27-,28+/m0/s1. The fourth-order valence-electron chi connectivity index (χ4n) is 5.53. The largest absolute Gasteiger partial charge is 0.335 e. The molecule has 1 aromatic heterocycles. The number of rotatable bonds is 6. The summed E-state index contributed by atoms with van der Waals surface area (Å²) in [4.78, 5) is 20.2. The summed E-state index contributed by atoms with van der Waals surface area (Å²) in [6.45, 7) is 5.52. The molecule has 37 heavy (non-hydrogen) atoms. The molecule has 0 bridgehead atoms. The van der Waals surface area contributed by atoms with E-state index in [1.165, 1.54) is 10.9 Å². The molecule has 1 fully saturated rings. The lowest BCUT2D eigenvalue weighted by Gasteiger charge is -2.40. The van der Waals surface area contributed by atoms with Crippen LogP contribution in [0.4, 0.5) is 0 Å². The predicted octanol–water partition coefficient (Wildman–Crippen LogP) is 7.16. The molecule has 190 valence electrons. The fourth-order valence-corrected chi connectivity index (χ4v) is 6.10. The van der Waals surface area contributed by atoms with Crippen LogP contribution >= 0.6 is 23.2 Å². The Morgan fingerprint density at radius 1 is 1.00 bits per heavy atom. The van der Waals surface area contributed by atoms with Crippen molar-refractivity contribution in [1.29, 1.82) is 0 Å². The summed E-state index contributed by atoms with van der Waals surface area (Å²) in [5, 5.41) is 6.17. The Kier molecular flexibility index (Phi) is 7.80. The van der Waals surface area contributed by atoms with Gasteiger partial charge in [-0.15, -0.1) is 0 Å². The van der Waals surface area contributed by atoms with Crippen molar-refractivity contribution in [3.63, 3.8) is 0 Å². The van der Waals surface area contributed by atoms with E-state index in [1.54, 1.807) is 6.07 Å². The molecular weight excluding hydrogens is 501 g/mol. The van der Waals surface area contributed by atoms with E-state index >= 15 is 0 Å². The number of hydrogen-bond donors (Lipinski definition) is 1. The van der Waals surface area contributed by atoms with Crippen LogP contribution in [0.3, 0.4) is 0 Å². The Labute approximate surface area is 228 Å². The van der Waals surface area contributed by atoms with Crippen molar-refractivity contribution < 1.29 is 4.79 Å². The number of halogens is 2. The van der Waals surface area contributed by atoms with Crippen LogP contribution in [0.25, 0.3) is 10.9 Å². The lowest BCUT2D eigenvalue weighted by atomic mass is 9.91. The number of aryl methyl sites for hydroxylation is 2. The third-order valence-electron chi connectivity index (χ3n) is 7.16. The van der Waals surface area contributed by atoms with Crippen molar-refractivity contribution in [2.45, 2.75) is 51.7 Å². The summed E-state index contributed by atoms with van der Waals surface area (Å²) < 4.78 is 0. The Hall–Kier alpha value is -2.92. The van der Waals surface area contributed by atoms with Crippen LogP contribution in [0.2, 0.25) is 10.0 Å². The topological polar surface area (TPSA) is 45.2 Å². The molecule has 3 aromatic carbocycles. The number of amides is 1. The quantitative estimate of drug-likeness (QED) is 0.287. The minimum atomic E-state index is 0.0308. The molecule has 4 aromatic rings. The third-order valence-corrected chi connectivity index (χ3v) is 7.60. The maximum absolute atomic E-state index is 13.7. The summed E-state index contributed by atoms with van der Waals surface area (Å²) in [6, 6.07) is 22.4. The van der Waals surface area contributed by atoms with Crippen molar-refractivity contribution in [2.24, 2.45) is 0 Å². The van der Waals surface area contributed by atoms with Gasteiger partial charge in [0.25, 0.3) is 5.91 Å². The van der Waals surface area contributed by atoms with Crippen LogP contribution in [0.5, 0.6) is 0 Å². The Morgan fingerprint density at radius 3 is 2.49 bits per heavy atom. The maximum atomic E-state index is 13.7. The van der Waals surface area contributed by atoms with Crippen LogP contribution < -0.4 is 5.32 Å². The van der Waals surface area contributed by atoms with Crippen LogP contribution in [0.1, 0.15) is 45.5 Å². The van der Waals surface area contributed by atoms with Gasteiger partial charge in [0.2, 0.25) is 0 Å². The van der Waals surface area contributed by atoms with Crippen LogP contribution in [0, 0.1) is 13.8 Å². The van der Waals surface area contributed by atoms with Crippen molar-refractivity contribution >= 4 is 40.0 Å². The summed E-state index contributed by atoms with van der Waals surface area (Å²) >= 11 is 12.6. The number of benzene rings is 3. The van der Waals surface area contributed by atoms with Crippen LogP contribution in [-0.2, 0) is 13.0 Å². The molecule has 0 spiro atoms. The number of pyridine rings is 1. The normalized spacial score (nSPS) is 17.8. The minimum Gasteiger partial charge on any atom is -0.335 e. The first-order chi connectivity index (χ1) is 17.9. The number of piperidine rings is 1. The molecule has 1 aliphatic heterocycles. The van der Waals surface area contributed by atoms with Gasteiger partial charge in [0.05, 0.1) is 5.52 Å². The van der Waals surface area contributed by atoms with Gasteiger partial charge in [-0.3, -0.25) is 9.78 Å². The summed E-state index contributed by atoms with van der Waals surface area (Å²) in [7, 11) is 0. The molecule has 6 heteroatoms. The van der Waals surface area contributed by atoms with E-state index in [0.29, 0.717) is 23.0 Å². The molecule has 4 nitrogen and oxygen atoms in total. The number of nitrogens with one attached hydrogen (secondary N) is 1. The van der Waals surface area contributed by atoms with Crippen molar-refractivity contribution in [1.82, 2.24) is 15.2 Å². The number of aromatic nitrogens is 1. The zero-order valence-corrected chi connectivity index (χ0v) is 22.7. The van der Waals surface area contributed by atoms with E-state index in [1.807, 2.05) is 61.3 Å². The molecular formula is C31H31Cl2N3O. The summed E-state index contributed by atoms with van der Waals surface area (Å²) in [5.74, 6) is 0.0866. The Morgan fingerprint density at radius 2 is 1.73 bits per heavy atom. The second-order valence-electron chi connectivity index (χ2n) is 10.1. The molecule has 1 N–H and O–H groups in total. The highest BCUT2D eigenvalue weighted by atomic mass is 35.5. The number of hydrogen-bond acceptors (Lipinski definition) is 3. The van der Waals surface area contributed by atoms with Gasteiger partial charge in [0.15, 0.2) is 0 Å². The lowest BCUT2D eigenvalue weighted by molar-refractivity contribution is 0.0576. The van der Waals surface area contributed by atoms with E-state index in [-0.39, 0.29) is 18.0 Å². The average Bonchev–Trinajstić information content (AvgIpc) is 2.86. The predicted molar refractivity (Wildman–Crippen MR) is 153 cm³/mol. The van der Waals surface area contributed by atoms with E-state index < -0.39 is 0 Å². The molecule has 2 atom stereocenters. The van der Waals surface area contributed by atoms with Gasteiger partial charge in [-0.05, 0) is 86.7 Å². The number of likely N-dealkylation sites (tertiary alicyclic amines) is 1. The third kappa shape index (κ3) is 6.15. The Bertz CT molecular complexity index is 1390. The molecule has 0 saturated carbocycles. The zero-order chi connectivity index (χ0) is 25.9. The molecule has 0 unspecified atom stereocenters. The number of carbonyl (C=O) groups is 1. The highest BCUT2D eigenvalue weighted by Gasteiger charge is 2.32. The van der Waals surface area contributed by atoms with E-state index in [0.717, 1.165) is 47.2 Å². The first kappa shape index (κ1) is 25.7. The SMILES string of the molecule is Cc1cc(C)cc(C(=O)N2CC[C@H](NCc3ccnc4ccccc34)C[C@H]2Cc2cc(Cl)cc(Cl)c2)c1. The summed E-state index contributed by atoms with van der Waals surface area (Å²) in [5.41, 5.74) is 6.23. The molecule has 1 aliphatic rings. The second-order valence-corrected chi connectivity index (χ2v) is 11.0. The number of fused-ring (bicyclic) bond motifs is 1. The van der Waals surface area contributed by atoms with E-state index in [2.05, 4.69) is 34.6 Å². The van der Waals surface area contributed by atoms with Crippen LogP contribution in [0.15, 0.2) is 72.9 Å². The first-order valence-corrected chi connectivity index (χ1v) is 13.5. The van der Waals surface area contributed by atoms with Crippen molar-refractivity contribution in [3.8, 4) is 0 Å². The zero-order valence-electron chi connectivity index (χ0n) is 21.2. The van der Waals surface area contributed by atoms with Gasteiger partial charge in [-0.2, -0.15) is 0 Å². The lowest BCUT2D eigenvalue weighted by Crippen LogP contribution is -2.51. The van der Waals surface area contributed by atoms with Gasteiger partial charge in [-0.25, -0.2) is 0 Å². The van der Waals surface area contributed by atoms with Gasteiger partial charge < -0.3 is 10.2 Å². The Balaban J connectivity index is 1.37. The van der Waals surface area contributed by atoms with Crippen LogP contribution in [-0.4, -0.2) is 34.4 Å². The highest BCUT2D eigenvalue weighted by Crippen LogP contribution is 2.27. The van der Waals surface area contributed by atoms with Gasteiger partial charge in [-0.1, -0.05) is 58.6 Å².